The summed E-state index contributed by atoms with van der Waals surface area (Å²) in [6.45, 7) is 2.25. The zero-order valence-corrected chi connectivity index (χ0v) is 9.65. The monoisotopic (exact) mass is 284 g/mol. The summed E-state index contributed by atoms with van der Waals surface area (Å²) in [5.41, 5.74) is 1.21. The Kier molecular flexibility index (Phi) is 2.78. The SMILES string of the molecule is CC[I-]c1cccc2cccnc12. The quantitative estimate of drug-likeness (QED) is 0.536. The number of rotatable bonds is 2. The molecule has 0 saturated heterocycles. The molecule has 0 N–H and O–H groups in total. The van der Waals surface area contributed by atoms with Crippen molar-refractivity contribution in [2.75, 3.05) is 4.43 Å². The average Bonchev–Trinajstić information content (AvgIpc) is 2.19. The Morgan fingerprint density at radius 2 is 2.08 bits per heavy atom. The second-order valence-electron chi connectivity index (χ2n) is 2.72. The summed E-state index contributed by atoms with van der Waals surface area (Å²) in [5.74, 6) is 0. The molecule has 0 fully saturated rings. The van der Waals surface area contributed by atoms with Gasteiger partial charge in [0.15, 0.2) is 0 Å². The van der Waals surface area contributed by atoms with Crippen molar-refractivity contribution >= 4 is 10.9 Å². The van der Waals surface area contributed by atoms with E-state index in [-0.39, 0.29) is 21.2 Å². The van der Waals surface area contributed by atoms with Gasteiger partial charge < -0.3 is 0 Å². The van der Waals surface area contributed by atoms with E-state index in [1.54, 1.807) is 0 Å². The molecule has 1 aromatic carbocycles. The Morgan fingerprint density at radius 3 is 2.92 bits per heavy atom. The molecular weight excluding hydrogens is 273 g/mol. The van der Waals surface area contributed by atoms with Crippen molar-refractivity contribution in [2.45, 2.75) is 6.92 Å². The molecule has 2 rings (SSSR count). The number of aromatic nitrogens is 1. The third-order valence-corrected chi connectivity index (χ3v) is 4.32. The van der Waals surface area contributed by atoms with Gasteiger partial charge in [-0.05, 0) is 0 Å². The van der Waals surface area contributed by atoms with Crippen LogP contribution in [0.15, 0.2) is 36.5 Å². The zero-order valence-electron chi connectivity index (χ0n) is 7.50. The molecule has 0 spiro atoms. The van der Waals surface area contributed by atoms with E-state index in [1.165, 1.54) is 18.9 Å². The van der Waals surface area contributed by atoms with Crippen molar-refractivity contribution in [2.24, 2.45) is 0 Å². The van der Waals surface area contributed by atoms with Gasteiger partial charge in [0.2, 0.25) is 0 Å². The van der Waals surface area contributed by atoms with Crippen molar-refractivity contribution in [1.29, 1.82) is 0 Å². The normalized spacial score (nSPS) is 10.8. The predicted octanol–water partition coefficient (Wildman–Crippen LogP) is -0.487. The Morgan fingerprint density at radius 1 is 1.23 bits per heavy atom. The van der Waals surface area contributed by atoms with Gasteiger partial charge in [0.25, 0.3) is 0 Å². The molecule has 2 heteroatoms. The summed E-state index contributed by atoms with van der Waals surface area (Å²) >= 11 is 0.165. The number of hydrogen-bond acceptors (Lipinski definition) is 1. The van der Waals surface area contributed by atoms with Gasteiger partial charge in [-0.25, -0.2) is 0 Å². The fourth-order valence-electron chi connectivity index (χ4n) is 1.32. The van der Waals surface area contributed by atoms with Crippen LogP contribution < -0.4 is 21.2 Å². The van der Waals surface area contributed by atoms with Gasteiger partial charge in [0.1, 0.15) is 0 Å². The van der Waals surface area contributed by atoms with Gasteiger partial charge in [-0.1, -0.05) is 0 Å². The maximum atomic E-state index is 4.43. The fraction of sp³-hybridized carbons (Fsp3) is 0.182. The number of para-hydroxylation sites is 1. The van der Waals surface area contributed by atoms with Crippen molar-refractivity contribution < 1.29 is 21.2 Å². The zero-order chi connectivity index (χ0) is 9.10. The van der Waals surface area contributed by atoms with E-state index < -0.39 is 0 Å². The van der Waals surface area contributed by atoms with E-state index in [9.17, 15) is 0 Å². The Labute approximate surface area is 88.4 Å². The molecule has 1 aromatic heterocycles. The molecule has 1 heterocycles. The second kappa shape index (κ2) is 4.05. The molecule has 0 atom stereocenters. The first-order chi connectivity index (χ1) is 6.42. The Bertz CT molecular complexity index is 406. The first-order valence-electron chi connectivity index (χ1n) is 4.34. The van der Waals surface area contributed by atoms with Gasteiger partial charge in [0, 0.05) is 0 Å². The standard InChI is InChI=1S/C11H11IN/c1-2-12-10-7-3-5-9-6-4-8-13-11(9)10/h3-8H,2H2,1H3/q-1. The molecule has 0 aliphatic rings. The molecule has 0 unspecified atom stereocenters. The molecular formula is C11H11IN-. The van der Waals surface area contributed by atoms with E-state index in [4.69, 9.17) is 0 Å². The molecule has 0 saturated carbocycles. The van der Waals surface area contributed by atoms with Crippen LogP contribution in [-0.4, -0.2) is 9.41 Å². The Balaban J connectivity index is 2.61. The van der Waals surface area contributed by atoms with Crippen LogP contribution in [0.3, 0.4) is 0 Å². The van der Waals surface area contributed by atoms with E-state index >= 15 is 0 Å². The average molecular weight is 284 g/mol. The first-order valence-corrected chi connectivity index (χ1v) is 6.95. The number of halogens is 1. The minimum atomic E-state index is 0.165. The van der Waals surface area contributed by atoms with Crippen LogP contribution in [0.5, 0.6) is 0 Å². The summed E-state index contributed by atoms with van der Waals surface area (Å²) in [4.78, 5) is 4.43. The van der Waals surface area contributed by atoms with E-state index in [2.05, 4.69) is 36.2 Å². The van der Waals surface area contributed by atoms with Gasteiger partial charge >= 0.3 is 88.5 Å². The summed E-state index contributed by atoms with van der Waals surface area (Å²) in [7, 11) is 0. The number of pyridine rings is 1. The van der Waals surface area contributed by atoms with Crippen LogP contribution in [0, 0.1) is 3.57 Å². The first kappa shape index (κ1) is 8.94. The summed E-state index contributed by atoms with van der Waals surface area (Å²) in [6.07, 6.45) is 1.88. The Hall–Kier alpha value is -0.640. The van der Waals surface area contributed by atoms with E-state index in [1.807, 2.05) is 12.3 Å². The predicted molar refractivity (Wildman–Crippen MR) is 51.0 cm³/mol. The third kappa shape index (κ3) is 1.82. The molecule has 0 radical (unpaired) electrons. The number of fused-ring (bicyclic) bond motifs is 1. The van der Waals surface area contributed by atoms with Crippen LogP contribution in [0.2, 0.25) is 0 Å². The van der Waals surface area contributed by atoms with Crippen molar-refractivity contribution in [3.63, 3.8) is 0 Å². The molecule has 68 valence electrons. The molecule has 0 aliphatic carbocycles. The van der Waals surface area contributed by atoms with Crippen LogP contribution in [0.25, 0.3) is 10.9 Å². The van der Waals surface area contributed by atoms with Crippen LogP contribution in [0.4, 0.5) is 0 Å². The van der Waals surface area contributed by atoms with Crippen LogP contribution in [-0.2, 0) is 0 Å². The molecule has 0 aliphatic heterocycles. The van der Waals surface area contributed by atoms with Crippen LogP contribution in [0.1, 0.15) is 6.92 Å². The topological polar surface area (TPSA) is 12.9 Å². The van der Waals surface area contributed by atoms with E-state index in [0.717, 1.165) is 0 Å². The molecule has 1 nitrogen and oxygen atoms in total. The summed E-state index contributed by atoms with van der Waals surface area (Å²) < 4.78 is 2.76. The molecule has 13 heavy (non-hydrogen) atoms. The second-order valence-corrected chi connectivity index (χ2v) is 6.17. The van der Waals surface area contributed by atoms with Crippen molar-refractivity contribution in [1.82, 2.24) is 4.98 Å². The number of nitrogens with zero attached hydrogens (tertiary/aromatic N) is 1. The molecule has 0 bridgehead atoms. The number of alkyl halides is 1. The number of hydrogen-bond donors (Lipinski definition) is 0. The summed E-state index contributed by atoms with van der Waals surface area (Å²) in [6, 6.07) is 10.6. The summed E-state index contributed by atoms with van der Waals surface area (Å²) in [5, 5.41) is 1.27. The minimum absolute atomic E-state index is 0.165. The third-order valence-electron chi connectivity index (χ3n) is 1.86. The van der Waals surface area contributed by atoms with Gasteiger partial charge in [-0.2, -0.15) is 0 Å². The van der Waals surface area contributed by atoms with Gasteiger partial charge in [-0.3, -0.25) is 0 Å². The van der Waals surface area contributed by atoms with Gasteiger partial charge in [-0.15, -0.1) is 0 Å². The maximum absolute atomic E-state index is 4.43. The van der Waals surface area contributed by atoms with E-state index in [0.29, 0.717) is 0 Å². The van der Waals surface area contributed by atoms with Crippen LogP contribution >= 0.6 is 0 Å². The van der Waals surface area contributed by atoms with Crippen molar-refractivity contribution in [3.8, 4) is 0 Å². The van der Waals surface area contributed by atoms with Crippen molar-refractivity contribution in [3.05, 3.63) is 40.1 Å². The molecule has 2 aromatic rings. The molecule has 0 amide bonds. The fourth-order valence-corrected chi connectivity index (χ4v) is 3.41. The number of benzene rings is 1. The van der Waals surface area contributed by atoms with Gasteiger partial charge in [0.05, 0.1) is 0 Å².